The largest absolute Gasteiger partial charge is 0 e. The molecular formula is Y138. The summed E-state index contributed by atoms with van der Waals surface area (Å²) in [6, 6.07) is 0. The fourth-order valence-corrected chi connectivity index (χ4v) is 0. The smallest absolute Gasteiger partial charge is 0 e. The molecule has 414 valence electrons. The van der Waals surface area contributed by atoms with Gasteiger partial charge in [-0.1, -0.05) is 0 Å². The van der Waals surface area contributed by atoms with Gasteiger partial charge in [0.05, 0.1) is 0 Å². The van der Waals surface area contributed by atoms with E-state index < -0.39 is 0 Å². The van der Waals surface area contributed by atoms with Crippen LogP contribution in [0.5, 0.6) is 0 Å². The summed E-state index contributed by atoms with van der Waals surface area (Å²) in [5.74, 6) is 0. The Morgan fingerprint density at radius 3 is 0.00725 bits per heavy atom. The predicted molar refractivity (Wildman–Crippen MR) is 0 cm³/mol. The minimum Gasteiger partial charge on any atom is 0 e. The SMILES string of the molecule is [Y].[Y].[Y].[Y].[Y].[Y].[Y].[Y].[Y].[Y].[Y].[Y].[Y].[Y].[Y].[Y].[Y].[Y].[Y].[Y].[Y].[Y].[Y].[Y].[Y].[Y].[Y].[Y].[Y].[Y].[Y].[Y].[Y].[Y].[Y].[Y].[Y].[Y].[Y].[Y].[Y].[Y].[Y].[Y].[Y].[Y].[Y].[Y].[Y].[Y].[Y].[Y].[Y].[Y].[Y].[Y].[Y].[Y].[Y].[Y].[Y].[Y].[Y].[Y].[Y].[Y].[Y].[Y].[Y].[Y].[Y].[Y].[Y].[Y].[Y].[Y].[Y].[Y].[Y].[Y].[Y].[Y].[Y].[Y].[Y].[Y].[Y].[Y].[Y].[Y].[Y].[Y].[Y].[Y].[Y].[Y].[Y].[Y].[Y].[Y].[Y].[Y].[Y].[Y].[Y].[Y].[Y].[Y].[Y].[Y].[Y].[Y].[Y].[Y].[Y].[Y].[Y].[Y].[Y].[Y].[Y].[Y].[Y].[Y].[Y].[Y].[Y].[Y].[Y].[Y].[Y].[Y].[Y].[Y].[Y].[Y].[Y].[Y]. The minimum absolute atomic E-state index is 0. The second kappa shape index (κ2) is 1040. The number of rotatable bonds is 0. The van der Waals surface area contributed by atoms with Crippen LogP contribution < -0.4 is 0 Å². The first-order chi connectivity index (χ1) is 0. The van der Waals surface area contributed by atoms with Crippen LogP contribution in [0.1, 0.15) is 0 Å². The molecule has 0 rings (SSSR count). The second-order valence-electron chi connectivity index (χ2n) is 0. The molecule has 0 nitrogen and oxygen atoms in total. The third-order valence-electron chi connectivity index (χ3n) is 0. The standard InChI is InChI=1S/138Y. The molecule has 0 aliphatic rings. The van der Waals surface area contributed by atoms with Crippen molar-refractivity contribution in [3.8, 4) is 0 Å². The fraction of sp³-hybridized carbons (Fsp3) is 0. The molecule has 138 heteroatoms. The molecule has 0 amide bonds. The number of hydrogen-bond acceptors (Lipinski definition) is 0. The van der Waals surface area contributed by atoms with Crippen LogP contribution in [0.3, 0.4) is 0 Å². The van der Waals surface area contributed by atoms with E-state index in [4.69, 9.17) is 0 Å². The Morgan fingerprint density at radius 2 is 0.00725 bits per heavy atom. The van der Waals surface area contributed by atoms with Crippen LogP contribution in [0.4, 0.5) is 0 Å². The molecule has 0 aromatic rings. The van der Waals surface area contributed by atoms with Crippen molar-refractivity contribution in [2.45, 2.75) is 0 Å². The van der Waals surface area contributed by atoms with Gasteiger partial charge in [0.25, 0.3) is 0 Å². The second-order valence-corrected chi connectivity index (χ2v) is 0. The van der Waals surface area contributed by atoms with Gasteiger partial charge < -0.3 is 0 Å². The van der Waals surface area contributed by atoms with Crippen LogP contribution in [0.25, 0.3) is 0 Å². The average Bonchev–Trinajstić information content (AvgIpc) is 0. The zero-order valence-corrected chi connectivity index (χ0v) is 471. The van der Waals surface area contributed by atoms with Crippen molar-refractivity contribution in [3.05, 3.63) is 0 Å². The average molecular weight is 12300 g/mol. The Balaban J connectivity index is 0. The van der Waals surface area contributed by atoms with Crippen molar-refractivity contribution < 1.29 is 4510 Å². The van der Waals surface area contributed by atoms with Crippen LogP contribution in [0, 0.1) is 0 Å². The van der Waals surface area contributed by atoms with Crippen molar-refractivity contribution in [2.75, 3.05) is 0 Å². The third kappa shape index (κ3) is 1030. The summed E-state index contributed by atoms with van der Waals surface area (Å²) >= 11 is 0. The topological polar surface area (TPSA) is 0 Å². The zero-order valence-electron chi connectivity index (χ0n) is 79.7. The Hall–Kier alpha value is 152. The van der Waals surface area contributed by atoms with E-state index in [2.05, 4.69) is 0 Å². The van der Waals surface area contributed by atoms with Crippen molar-refractivity contribution in [1.29, 1.82) is 0 Å². The first-order valence-corrected chi connectivity index (χ1v) is 0. The fourth-order valence-electron chi connectivity index (χ4n) is 0. The molecule has 138 heavy (non-hydrogen) atoms. The molecule has 0 N–H and O–H groups in total. The molecule has 0 aromatic heterocycles. The van der Waals surface area contributed by atoms with Gasteiger partial charge in [0, 0.05) is 4510 Å². The van der Waals surface area contributed by atoms with E-state index in [9.17, 15) is 0 Å². The van der Waals surface area contributed by atoms with E-state index in [0.717, 1.165) is 0 Å². The van der Waals surface area contributed by atoms with Crippen molar-refractivity contribution in [1.82, 2.24) is 0 Å². The molecule has 0 bridgehead atoms. The van der Waals surface area contributed by atoms with Crippen LogP contribution in [0.15, 0.2) is 0 Å². The van der Waals surface area contributed by atoms with Crippen LogP contribution in [-0.2, 0) is 4510 Å². The Bertz CT molecular complexity index is 0. The van der Waals surface area contributed by atoms with E-state index in [1.54, 1.807) is 0 Å². The van der Waals surface area contributed by atoms with Gasteiger partial charge in [-0.25, -0.2) is 0 Å². The molecule has 0 aromatic carbocycles. The van der Waals surface area contributed by atoms with Gasteiger partial charge in [-0.05, 0) is 0 Å². The van der Waals surface area contributed by atoms with Gasteiger partial charge in [-0.3, -0.25) is 0 Å². The predicted octanol–water partition coefficient (Wildman–Crippen LogP) is -0.345. The summed E-state index contributed by atoms with van der Waals surface area (Å²) in [7, 11) is 0. The first-order valence-electron chi connectivity index (χ1n) is 0. The monoisotopic (exact) mass is 12300 g/mol. The van der Waals surface area contributed by atoms with E-state index in [0.29, 0.717) is 0 Å². The quantitative estimate of drug-likeness (QED) is 0.312. The van der Waals surface area contributed by atoms with Gasteiger partial charge in [0.2, 0.25) is 0 Å². The normalized spacial score (nSPS) is 0. The molecule has 0 aliphatic carbocycles. The molecule has 0 saturated heterocycles. The van der Waals surface area contributed by atoms with Crippen LogP contribution >= 0.6 is 0 Å². The van der Waals surface area contributed by atoms with Crippen molar-refractivity contribution in [2.24, 2.45) is 0 Å². The third-order valence-corrected chi connectivity index (χ3v) is 0. The van der Waals surface area contributed by atoms with Crippen LogP contribution in [-0.4, -0.2) is 0 Å². The maximum absolute atomic E-state index is 0. The van der Waals surface area contributed by atoms with Gasteiger partial charge >= 0.3 is 0 Å². The Labute approximate surface area is 4330 Å². The molecule has 138 radical (unpaired) electrons. The summed E-state index contributed by atoms with van der Waals surface area (Å²) in [6.45, 7) is 0. The molecule has 0 spiro atoms. The van der Waals surface area contributed by atoms with Gasteiger partial charge in [0.15, 0.2) is 0 Å². The van der Waals surface area contributed by atoms with E-state index in [-0.39, 0.29) is 4510 Å². The summed E-state index contributed by atoms with van der Waals surface area (Å²) in [5.41, 5.74) is 0. The summed E-state index contributed by atoms with van der Waals surface area (Å²) < 4.78 is 0. The minimum atomic E-state index is 0. The Morgan fingerprint density at radius 1 is 0.00725 bits per heavy atom. The first kappa shape index (κ1) is 1050. The van der Waals surface area contributed by atoms with E-state index >= 15 is 0 Å². The molecule has 0 unspecified atom stereocenters. The summed E-state index contributed by atoms with van der Waals surface area (Å²) in [4.78, 5) is 0. The molecule has 0 atom stereocenters. The van der Waals surface area contributed by atoms with E-state index in [1.165, 1.54) is 0 Å². The maximum Gasteiger partial charge on any atom is 0 e. The van der Waals surface area contributed by atoms with Crippen molar-refractivity contribution in [3.63, 3.8) is 0 Å². The van der Waals surface area contributed by atoms with Crippen LogP contribution in [0.2, 0.25) is 0 Å². The number of hydrogen-bond donors (Lipinski definition) is 0. The Kier molecular flexibility index (Phi) is 7870. The van der Waals surface area contributed by atoms with Gasteiger partial charge in [-0.15, -0.1) is 0 Å². The molecule has 0 saturated carbocycles. The molecule has 0 aliphatic heterocycles. The molecular weight excluding hydrogens is 12300 g/mol. The maximum atomic E-state index is 0. The van der Waals surface area contributed by atoms with E-state index in [1.807, 2.05) is 0 Å². The summed E-state index contributed by atoms with van der Waals surface area (Å²) in [6.07, 6.45) is 0. The molecule has 0 fully saturated rings. The van der Waals surface area contributed by atoms with Crippen molar-refractivity contribution >= 4 is 0 Å². The molecule has 0 heterocycles. The van der Waals surface area contributed by atoms with Gasteiger partial charge in [-0.2, -0.15) is 0 Å². The van der Waals surface area contributed by atoms with Gasteiger partial charge in [0.1, 0.15) is 0 Å². The summed E-state index contributed by atoms with van der Waals surface area (Å²) in [5, 5.41) is 0. The zero-order chi connectivity index (χ0) is 0.